The zero-order valence-corrected chi connectivity index (χ0v) is 33.1. The number of ether oxygens (including phenoxy) is 6. The van der Waals surface area contributed by atoms with Crippen molar-refractivity contribution in [3.05, 3.63) is 11.6 Å². The molecule has 8 aliphatic rings. The van der Waals surface area contributed by atoms with Crippen molar-refractivity contribution in [2.75, 3.05) is 26.4 Å². The molecule has 2 spiro atoms. The first-order valence-electron chi connectivity index (χ1n) is 20.5. The average Bonchev–Trinajstić information content (AvgIpc) is 3.64. The van der Waals surface area contributed by atoms with Gasteiger partial charge in [0.25, 0.3) is 0 Å². The van der Waals surface area contributed by atoms with Crippen molar-refractivity contribution < 1.29 is 64.2 Å². The van der Waals surface area contributed by atoms with Crippen LogP contribution in [-0.2, 0) is 28.4 Å². The standard InChI is InChI=1S/C41H66O13/c1-20(2)14-21-16-50-41-18-40(19-51-41)22(33(41)39(21,7)48)8-9-26-37(5)12-11-27(36(3,4)25(37)10-13-38(26,40)6)53-34-31(47)32(23(43)17-49-34)54-35-30(46)29(45)28(44)24(15-42)52-35/h14,21-35,42-48H,8-13,15-19H2,1-7H3/t21-,22+,23-,24-,25+,26-,27+,28-,29+,30-,31-,32+,33-,34+,35+,37+,38+,39+,40+,41-/m0/s1. The Morgan fingerprint density at radius 3 is 2.24 bits per heavy atom. The van der Waals surface area contributed by atoms with Gasteiger partial charge in [-0.3, -0.25) is 0 Å². The molecule has 308 valence electrons. The highest BCUT2D eigenvalue weighted by atomic mass is 16.7. The first kappa shape index (κ1) is 40.0. The molecule has 4 saturated carbocycles. The minimum Gasteiger partial charge on any atom is -0.394 e. The number of aliphatic hydroxyl groups is 7. The van der Waals surface area contributed by atoms with E-state index in [1.807, 2.05) is 6.92 Å². The summed E-state index contributed by atoms with van der Waals surface area (Å²) in [6.45, 7) is 16.1. The molecular weight excluding hydrogens is 700 g/mol. The summed E-state index contributed by atoms with van der Waals surface area (Å²) in [4.78, 5) is 0. The Kier molecular flexibility index (Phi) is 9.91. The fourth-order valence-electron chi connectivity index (χ4n) is 14.3. The molecule has 4 aliphatic carbocycles. The summed E-state index contributed by atoms with van der Waals surface area (Å²) in [5.41, 5.74) is -0.0875. The van der Waals surface area contributed by atoms with E-state index in [4.69, 9.17) is 28.4 Å². The molecule has 54 heavy (non-hydrogen) atoms. The molecule has 0 amide bonds. The number of fused-ring (bicyclic) bond motifs is 4. The molecule has 7 N–H and O–H groups in total. The Hall–Kier alpha value is -0.780. The van der Waals surface area contributed by atoms with E-state index in [0.717, 1.165) is 44.9 Å². The number of allylic oxidation sites excluding steroid dienone is 1. The SMILES string of the molecule is CC(C)=C[C@H]1CO[C@@]23C[C@@]4(CO2)[C@H](CC[C@H]2[C@]5(C)CC[C@@H](O[C@H]6OC[C@H](O)[C@@H](O[C@H]7O[C@@H](CO)[C@H](O)[C@@H](O)[C@@H]7O)[C@@H]6O)C(C)(C)[C@H]5CC[C@]24C)[C@H]3[C@]1(C)O. The van der Waals surface area contributed by atoms with Crippen LogP contribution in [0.4, 0.5) is 0 Å². The lowest BCUT2D eigenvalue weighted by Crippen LogP contribution is -2.68. The van der Waals surface area contributed by atoms with Gasteiger partial charge in [-0.05, 0) is 93.3 Å². The summed E-state index contributed by atoms with van der Waals surface area (Å²) >= 11 is 0. The Balaban J connectivity index is 0.993. The Labute approximate surface area is 319 Å². The molecule has 0 aromatic heterocycles. The van der Waals surface area contributed by atoms with Crippen LogP contribution in [0.3, 0.4) is 0 Å². The Bertz CT molecular complexity index is 1450. The van der Waals surface area contributed by atoms with Crippen LogP contribution < -0.4 is 0 Å². The van der Waals surface area contributed by atoms with Crippen LogP contribution in [0.1, 0.15) is 93.4 Å². The van der Waals surface area contributed by atoms with Crippen LogP contribution in [0.2, 0.25) is 0 Å². The van der Waals surface area contributed by atoms with Crippen molar-refractivity contribution in [2.45, 2.75) is 166 Å². The zero-order valence-electron chi connectivity index (χ0n) is 33.1. The van der Waals surface area contributed by atoms with E-state index in [0.29, 0.717) is 31.0 Å². The zero-order chi connectivity index (χ0) is 39.0. The summed E-state index contributed by atoms with van der Waals surface area (Å²) in [5, 5.41) is 75.2. The molecule has 0 aromatic carbocycles. The van der Waals surface area contributed by atoms with Gasteiger partial charge in [0.1, 0.15) is 42.7 Å². The summed E-state index contributed by atoms with van der Waals surface area (Å²) in [6.07, 6.45) is -4.14. The molecule has 0 aromatic rings. The van der Waals surface area contributed by atoms with Crippen molar-refractivity contribution >= 4 is 0 Å². The van der Waals surface area contributed by atoms with E-state index in [-0.39, 0.29) is 46.2 Å². The van der Waals surface area contributed by atoms with Gasteiger partial charge in [-0.25, -0.2) is 0 Å². The molecular formula is C41H66O13. The maximum Gasteiger partial charge on any atom is 0.187 e. The van der Waals surface area contributed by atoms with E-state index in [9.17, 15) is 35.7 Å². The molecule has 13 heteroatoms. The third kappa shape index (κ3) is 5.50. The lowest BCUT2D eigenvalue weighted by molar-refractivity contribution is -0.358. The fraction of sp³-hybridized carbons (Fsp3) is 0.951. The van der Waals surface area contributed by atoms with E-state index < -0.39 is 73.3 Å². The average molecular weight is 767 g/mol. The van der Waals surface area contributed by atoms with Crippen molar-refractivity contribution in [3.63, 3.8) is 0 Å². The van der Waals surface area contributed by atoms with E-state index >= 15 is 0 Å². The first-order chi connectivity index (χ1) is 25.3. The van der Waals surface area contributed by atoms with Gasteiger partial charge in [-0.2, -0.15) is 0 Å². The molecule has 8 rings (SSSR count). The van der Waals surface area contributed by atoms with Crippen LogP contribution >= 0.6 is 0 Å². The molecule has 4 aliphatic heterocycles. The molecule has 8 fully saturated rings. The third-order valence-electron chi connectivity index (χ3n) is 16.9. The van der Waals surface area contributed by atoms with Gasteiger partial charge in [0, 0.05) is 23.7 Å². The highest BCUT2D eigenvalue weighted by Gasteiger charge is 2.81. The van der Waals surface area contributed by atoms with Gasteiger partial charge >= 0.3 is 0 Å². The quantitative estimate of drug-likeness (QED) is 0.153. The van der Waals surface area contributed by atoms with Crippen LogP contribution in [-0.4, -0.2) is 135 Å². The monoisotopic (exact) mass is 766 g/mol. The predicted molar refractivity (Wildman–Crippen MR) is 192 cm³/mol. The lowest BCUT2D eigenvalue weighted by Gasteiger charge is -2.70. The Morgan fingerprint density at radius 2 is 1.54 bits per heavy atom. The van der Waals surface area contributed by atoms with Gasteiger partial charge in [-0.1, -0.05) is 39.3 Å². The maximum atomic E-state index is 12.3. The molecule has 13 nitrogen and oxygen atoms in total. The second kappa shape index (κ2) is 13.4. The number of hydrogen-bond acceptors (Lipinski definition) is 13. The van der Waals surface area contributed by atoms with E-state index in [1.165, 1.54) is 5.57 Å². The van der Waals surface area contributed by atoms with Crippen molar-refractivity contribution in [2.24, 2.45) is 51.2 Å². The topological polar surface area (TPSA) is 197 Å². The second-order valence-electron chi connectivity index (χ2n) is 20.1. The second-order valence-corrected chi connectivity index (χ2v) is 20.1. The smallest absolute Gasteiger partial charge is 0.187 e. The number of hydrogen-bond donors (Lipinski definition) is 7. The van der Waals surface area contributed by atoms with Crippen LogP contribution in [0.15, 0.2) is 11.6 Å². The van der Waals surface area contributed by atoms with Crippen LogP contribution in [0.25, 0.3) is 0 Å². The minimum absolute atomic E-state index is 0.00497. The van der Waals surface area contributed by atoms with Crippen LogP contribution in [0.5, 0.6) is 0 Å². The van der Waals surface area contributed by atoms with Crippen LogP contribution in [0, 0.1) is 51.2 Å². The van der Waals surface area contributed by atoms with Gasteiger partial charge < -0.3 is 64.2 Å². The lowest BCUT2D eigenvalue weighted by atomic mass is 9.35. The maximum absolute atomic E-state index is 12.3. The van der Waals surface area contributed by atoms with Gasteiger partial charge in [0.2, 0.25) is 0 Å². The first-order valence-corrected chi connectivity index (χ1v) is 20.5. The Morgan fingerprint density at radius 1 is 0.796 bits per heavy atom. The summed E-state index contributed by atoms with van der Waals surface area (Å²) in [5.74, 6) is 0.203. The van der Waals surface area contributed by atoms with Gasteiger partial charge in [0.05, 0.1) is 38.1 Å². The third-order valence-corrected chi connectivity index (χ3v) is 16.9. The molecule has 2 bridgehead atoms. The highest BCUT2D eigenvalue weighted by Crippen LogP contribution is 2.80. The fourth-order valence-corrected chi connectivity index (χ4v) is 14.3. The molecule has 4 heterocycles. The molecule has 4 saturated heterocycles. The predicted octanol–water partition coefficient (Wildman–Crippen LogP) is 2.00. The molecule has 0 unspecified atom stereocenters. The summed E-state index contributed by atoms with van der Waals surface area (Å²) < 4.78 is 37.4. The van der Waals surface area contributed by atoms with E-state index in [2.05, 4.69) is 47.6 Å². The summed E-state index contributed by atoms with van der Waals surface area (Å²) in [6, 6.07) is 0. The molecule has 20 atom stereocenters. The van der Waals surface area contributed by atoms with Gasteiger partial charge in [0.15, 0.2) is 18.4 Å². The van der Waals surface area contributed by atoms with Crippen molar-refractivity contribution in [1.29, 1.82) is 0 Å². The van der Waals surface area contributed by atoms with Crippen molar-refractivity contribution in [1.82, 2.24) is 0 Å². The highest BCUT2D eigenvalue weighted by molar-refractivity contribution is 5.27. The summed E-state index contributed by atoms with van der Waals surface area (Å²) in [7, 11) is 0. The number of aliphatic hydroxyl groups excluding tert-OH is 6. The number of rotatable bonds is 6. The normalized spacial score (nSPS) is 57.7. The van der Waals surface area contributed by atoms with Gasteiger partial charge in [-0.15, -0.1) is 0 Å². The van der Waals surface area contributed by atoms with Crippen molar-refractivity contribution in [3.8, 4) is 0 Å². The van der Waals surface area contributed by atoms with E-state index in [1.54, 1.807) is 0 Å². The largest absolute Gasteiger partial charge is 0.394 e. The minimum atomic E-state index is -1.68. The molecule has 0 radical (unpaired) electrons.